The zero-order chi connectivity index (χ0) is 17.4. The first-order valence-electron chi connectivity index (χ1n) is 7.92. The average molecular weight is 332 g/mol. The Balaban J connectivity index is 1.81. The monoisotopic (exact) mass is 332 g/mol. The molecule has 1 heterocycles. The second kappa shape index (κ2) is 9.14. The van der Waals surface area contributed by atoms with E-state index in [9.17, 15) is 4.79 Å². The molecule has 0 fully saturated rings. The maximum Gasteiger partial charge on any atom is 0.241 e. The van der Waals surface area contributed by atoms with Crippen LogP contribution in [0.5, 0.6) is 0 Å². The van der Waals surface area contributed by atoms with Crippen molar-refractivity contribution in [1.82, 2.24) is 20.4 Å². The molecule has 0 aliphatic rings. The van der Waals surface area contributed by atoms with E-state index in [4.69, 9.17) is 9.26 Å². The minimum absolute atomic E-state index is 0.0353. The zero-order valence-electron chi connectivity index (χ0n) is 14.4. The number of rotatable bonds is 9. The second-order valence-corrected chi connectivity index (χ2v) is 5.75. The number of amides is 1. The number of nitrogens with one attached hydrogen (secondary N) is 1. The van der Waals surface area contributed by atoms with E-state index in [1.54, 1.807) is 7.11 Å². The normalized spacial score (nSPS) is 11.0. The van der Waals surface area contributed by atoms with Crippen LogP contribution in [0.15, 0.2) is 28.8 Å². The van der Waals surface area contributed by atoms with Gasteiger partial charge in [-0.1, -0.05) is 35.0 Å². The summed E-state index contributed by atoms with van der Waals surface area (Å²) in [7, 11) is 3.48. The number of benzene rings is 1. The van der Waals surface area contributed by atoms with E-state index >= 15 is 0 Å². The van der Waals surface area contributed by atoms with Crippen LogP contribution in [0.4, 0.5) is 0 Å². The van der Waals surface area contributed by atoms with Gasteiger partial charge in [-0.2, -0.15) is 4.98 Å². The van der Waals surface area contributed by atoms with Gasteiger partial charge in [0.05, 0.1) is 13.1 Å². The molecule has 0 spiro atoms. The Bertz CT molecular complexity index is 640. The minimum Gasteiger partial charge on any atom is -0.385 e. The van der Waals surface area contributed by atoms with E-state index in [2.05, 4.69) is 15.5 Å². The lowest BCUT2D eigenvalue weighted by Gasteiger charge is -2.13. The van der Waals surface area contributed by atoms with E-state index in [0.717, 1.165) is 12.0 Å². The van der Waals surface area contributed by atoms with Crippen molar-refractivity contribution in [2.75, 3.05) is 33.9 Å². The number of likely N-dealkylation sites (N-methyl/N-ethyl adjacent to an activating group) is 1. The fourth-order valence-corrected chi connectivity index (χ4v) is 2.17. The number of carbonyl (C=O) groups excluding carboxylic acids is 1. The summed E-state index contributed by atoms with van der Waals surface area (Å²) in [5.41, 5.74) is 2.09. The van der Waals surface area contributed by atoms with Crippen LogP contribution < -0.4 is 5.32 Å². The number of ether oxygens (including phenoxy) is 1. The van der Waals surface area contributed by atoms with Crippen LogP contribution in [0, 0.1) is 6.92 Å². The molecule has 7 nitrogen and oxygen atoms in total. The largest absolute Gasteiger partial charge is 0.385 e. The molecular weight excluding hydrogens is 308 g/mol. The maximum absolute atomic E-state index is 11.8. The molecule has 1 amide bonds. The molecule has 2 rings (SSSR count). The molecule has 0 bridgehead atoms. The fraction of sp³-hybridized carbons (Fsp3) is 0.471. The molecule has 7 heteroatoms. The van der Waals surface area contributed by atoms with Crippen molar-refractivity contribution in [1.29, 1.82) is 0 Å². The van der Waals surface area contributed by atoms with Gasteiger partial charge in [0.2, 0.25) is 17.6 Å². The zero-order valence-corrected chi connectivity index (χ0v) is 14.4. The summed E-state index contributed by atoms with van der Waals surface area (Å²) in [6, 6.07) is 7.93. The number of carbonyl (C=O) groups is 1. The Hall–Kier alpha value is -2.25. The van der Waals surface area contributed by atoms with Crippen LogP contribution in [-0.2, 0) is 16.1 Å². The van der Waals surface area contributed by atoms with Crippen molar-refractivity contribution in [3.63, 3.8) is 0 Å². The van der Waals surface area contributed by atoms with Gasteiger partial charge in [-0.3, -0.25) is 9.69 Å². The molecule has 0 aliphatic carbocycles. The van der Waals surface area contributed by atoms with Gasteiger partial charge < -0.3 is 14.6 Å². The second-order valence-electron chi connectivity index (χ2n) is 5.75. The average Bonchev–Trinajstić information content (AvgIpc) is 3.00. The number of methoxy groups -OCH3 is 1. The molecule has 130 valence electrons. The first kappa shape index (κ1) is 18.1. The van der Waals surface area contributed by atoms with Gasteiger partial charge in [-0.15, -0.1) is 0 Å². The quantitative estimate of drug-likeness (QED) is 0.703. The molecule has 1 aromatic heterocycles. The summed E-state index contributed by atoms with van der Waals surface area (Å²) in [5, 5.41) is 6.83. The molecule has 2 aromatic rings. The van der Waals surface area contributed by atoms with Crippen LogP contribution in [-0.4, -0.2) is 54.8 Å². The van der Waals surface area contributed by atoms with Crippen molar-refractivity contribution < 1.29 is 14.1 Å². The van der Waals surface area contributed by atoms with Crippen LogP contribution in [0.1, 0.15) is 17.9 Å². The lowest BCUT2D eigenvalue weighted by Crippen LogP contribution is -2.35. The molecule has 0 saturated heterocycles. The first-order valence-corrected chi connectivity index (χ1v) is 7.92. The van der Waals surface area contributed by atoms with Crippen molar-refractivity contribution in [3.8, 4) is 11.4 Å². The van der Waals surface area contributed by atoms with Gasteiger partial charge in [0.1, 0.15) is 0 Å². The Morgan fingerprint density at radius 1 is 1.33 bits per heavy atom. The predicted molar refractivity (Wildman–Crippen MR) is 90.3 cm³/mol. The van der Waals surface area contributed by atoms with E-state index in [1.165, 1.54) is 5.56 Å². The molecule has 24 heavy (non-hydrogen) atoms. The van der Waals surface area contributed by atoms with Gasteiger partial charge >= 0.3 is 0 Å². The maximum atomic E-state index is 11.8. The Kier molecular flexibility index (Phi) is 6.89. The molecule has 1 N–H and O–H groups in total. The first-order chi connectivity index (χ1) is 11.6. The summed E-state index contributed by atoms with van der Waals surface area (Å²) in [4.78, 5) is 18.0. The van der Waals surface area contributed by atoms with E-state index in [0.29, 0.717) is 31.4 Å². The standard InChI is InChI=1S/C17H24N4O3/c1-13-5-7-14(8-6-13)17-19-16(24-20-17)12-21(2)11-15(22)18-9-4-10-23-3/h5-8H,4,9-12H2,1-3H3,(H,18,22). The Labute approximate surface area is 142 Å². The number of aromatic nitrogens is 2. The topological polar surface area (TPSA) is 80.5 Å². The summed E-state index contributed by atoms with van der Waals surface area (Å²) in [5.74, 6) is 1.01. The lowest BCUT2D eigenvalue weighted by atomic mass is 10.1. The molecule has 0 unspecified atom stereocenters. The van der Waals surface area contributed by atoms with E-state index in [-0.39, 0.29) is 12.5 Å². The summed E-state index contributed by atoms with van der Waals surface area (Å²) in [6.07, 6.45) is 0.801. The number of hydrogen-bond donors (Lipinski definition) is 1. The molecular formula is C17H24N4O3. The minimum atomic E-state index is -0.0353. The Morgan fingerprint density at radius 2 is 2.08 bits per heavy atom. The highest BCUT2D eigenvalue weighted by molar-refractivity contribution is 5.77. The van der Waals surface area contributed by atoms with E-state index < -0.39 is 0 Å². The smallest absolute Gasteiger partial charge is 0.241 e. The van der Waals surface area contributed by atoms with Gasteiger partial charge in [-0.25, -0.2) is 0 Å². The third kappa shape index (κ3) is 5.75. The summed E-state index contributed by atoms with van der Waals surface area (Å²) < 4.78 is 10.2. The number of nitrogens with zero attached hydrogens (tertiary/aromatic N) is 3. The lowest BCUT2D eigenvalue weighted by molar-refractivity contribution is -0.122. The highest BCUT2D eigenvalue weighted by Crippen LogP contribution is 2.16. The summed E-state index contributed by atoms with van der Waals surface area (Å²) in [6.45, 7) is 3.97. The van der Waals surface area contributed by atoms with Gasteiger partial charge in [0.25, 0.3) is 0 Å². The Morgan fingerprint density at radius 3 is 2.79 bits per heavy atom. The highest BCUT2D eigenvalue weighted by Gasteiger charge is 2.12. The fourth-order valence-electron chi connectivity index (χ4n) is 2.17. The van der Waals surface area contributed by atoms with E-state index in [1.807, 2.05) is 43.1 Å². The van der Waals surface area contributed by atoms with Crippen LogP contribution in [0.3, 0.4) is 0 Å². The van der Waals surface area contributed by atoms with Crippen molar-refractivity contribution in [2.45, 2.75) is 19.9 Å². The van der Waals surface area contributed by atoms with Crippen LogP contribution in [0.2, 0.25) is 0 Å². The predicted octanol–water partition coefficient (Wildman–Crippen LogP) is 1.63. The van der Waals surface area contributed by atoms with Crippen LogP contribution in [0.25, 0.3) is 11.4 Å². The van der Waals surface area contributed by atoms with Crippen molar-refractivity contribution in [2.24, 2.45) is 0 Å². The van der Waals surface area contributed by atoms with Crippen molar-refractivity contribution >= 4 is 5.91 Å². The van der Waals surface area contributed by atoms with Gasteiger partial charge in [-0.05, 0) is 20.4 Å². The van der Waals surface area contributed by atoms with Crippen molar-refractivity contribution in [3.05, 3.63) is 35.7 Å². The van der Waals surface area contributed by atoms with Gasteiger partial charge in [0, 0.05) is 25.8 Å². The molecule has 0 atom stereocenters. The van der Waals surface area contributed by atoms with Crippen LogP contribution >= 0.6 is 0 Å². The SMILES string of the molecule is COCCCNC(=O)CN(C)Cc1nc(-c2ccc(C)cc2)no1. The molecule has 1 aromatic carbocycles. The number of hydrogen-bond acceptors (Lipinski definition) is 6. The highest BCUT2D eigenvalue weighted by atomic mass is 16.5. The molecule has 0 saturated carbocycles. The molecule has 0 radical (unpaired) electrons. The number of aryl methyl sites for hydroxylation is 1. The molecule has 0 aliphatic heterocycles. The van der Waals surface area contributed by atoms with Gasteiger partial charge in [0.15, 0.2) is 0 Å². The summed E-state index contributed by atoms with van der Waals surface area (Å²) >= 11 is 0. The third-order valence-corrected chi connectivity index (χ3v) is 3.44. The third-order valence-electron chi connectivity index (χ3n) is 3.44.